The summed E-state index contributed by atoms with van der Waals surface area (Å²) in [6, 6.07) is 13.3. The second-order valence-corrected chi connectivity index (χ2v) is 10.6. The zero-order valence-electron chi connectivity index (χ0n) is 22.2. The Morgan fingerprint density at radius 2 is 1.84 bits per heavy atom. The number of nitrogens with two attached hydrogens (primary N) is 1. The molecule has 2 aromatic carbocycles. The Balaban J connectivity index is 1.51. The molecule has 0 aliphatic carbocycles. The van der Waals surface area contributed by atoms with Gasteiger partial charge in [0.05, 0.1) is 16.9 Å². The lowest BCUT2D eigenvalue weighted by molar-refractivity contribution is 0.0258. The molecule has 200 valence electrons. The van der Waals surface area contributed by atoms with Gasteiger partial charge in [-0.3, -0.25) is 0 Å². The summed E-state index contributed by atoms with van der Waals surface area (Å²) in [4.78, 5) is 25.7. The second kappa shape index (κ2) is 11.2. The third-order valence-electron chi connectivity index (χ3n) is 6.68. The second-order valence-electron chi connectivity index (χ2n) is 10.6. The van der Waals surface area contributed by atoms with Crippen molar-refractivity contribution in [2.75, 3.05) is 31.1 Å². The van der Waals surface area contributed by atoms with Gasteiger partial charge in [0.25, 0.3) is 0 Å². The number of alkyl halides is 1. The normalized spacial score (nSPS) is 17.9. The minimum atomic E-state index is -0.893. The molecule has 0 radical (unpaired) electrons. The van der Waals surface area contributed by atoms with Crippen molar-refractivity contribution in [2.24, 2.45) is 10.9 Å². The first kappa shape index (κ1) is 27.1. The minimum absolute atomic E-state index is 0.119. The largest absolute Gasteiger partial charge is 0.444 e. The Morgan fingerprint density at radius 1 is 1.13 bits per heavy atom. The van der Waals surface area contributed by atoms with Crippen molar-refractivity contribution >= 4 is 23.4 Å². The Labute approximate surface area is 223 Å². The first-order chi connectivity index (χ1) is 18.1. The fourth-order valence-corrected chi connectivity index (χ4v) is 4.73. The lowest BCUT2D eigenvalue weighted by Gasteiger charge is -2.26. The summed E-state index contributed by atoms with van der Waals surface area (Å²) in [6.45, 7) is 11.7. The van der Waals surface area contributed by atoms with Gasteiger partial charge in [-0.05, 0) is 81.0 Å². The Morgan fingerprint density at radius 3 is 2.47 bits per heavy atom. The molecule has 8 nitrogen and oxygen atoms in total. The van der Waals surface area contributed by atoms with Gasteiger partial charge >= 0.3 is 6.09 Å². The van der Waals surface area contributed by atoms with Crippen LogP contribution in [0.15, 0.2) is 48.0 Å². The van der Waals surface area contributed by atoms with E-state index in [-0.39, 0.29) is 18.5 Å². The number of amides is 1. The number of hydrogen-bond acceptors (Lipinski definition) is 7. The molecule has 1 atom stereocenters. The SMILES string of the molecule is C=C(N=C(ON)c1ccc(N2CCC(F)C2)c(C#N)c1)c1ccc2c(c1)CCN(C(=O)OC(C)(C)C)CC2. The molecule has 2 aliphatic heterocycles. The number of nitrogens with zero attached hydrogens (tertiary/aromatic N) is 4. The third kappa shape index (κ3) is 6.32. The standard InChI is InChI=1S/C29H34FN5O3/c1-19(21-6-5-20-9-12-34(13-10-22(20)15-21)28(36)37-29(2,3)4)33-27(38-32)23-7-8-26(24(16-23)17-31)35-14-11-25(30)18-35/h5-8,15-16,25H,1,9-14,18,32H2,2-4H3. The van der Waals surface area contributed by atoms with Crippen LogP contribution in [0.25, 0.3) is 5.70 Å². The predicted molar refractivity (Wildman–Crippen MR) is 145 cm³/mol. The number of anilines is 1. The average Bonchev–Trinajstić information content (AvgIpc) is 3.19. The number of hydrogen-bond donors (Lipinski definition) is 1. The van der Waals surface area contributed by atoms with E-state index in [1.807, 2.05) is 43.9 Å². The molecular weight excluding hydrogens is 485 g/mol. The van der Waals surface area contributed by atoms with E-state index in [4.69, 9.17) is 15.5 Å². The van der Waals surface area contributed by atoms with Gasteiger partial charge in [0.15, 0.2) is 0 Å². The molecule has 0 bridgehead atoms. The highest BCUT2D eigenvalue weighted by Gasteiger charge is 2.26. The molecule has 38 heavy (non-hydrogen) atoms. The van der Waals surface area contributed by atoms with Crippen molar-refractivity contribution in [3.63, 3.8) is 0 Å². The maximum atomic E-state index is 13.7. The van der Waals surface area contributed by atoms with Crippen LogP contribution in [-0.4, -0.2) is 54.8 Å². The van der Waals surface area contributed by atoms with Gasteiger partial charge in [-0.1, -0.05) is 18.7 Å². The molecule has 0 saturated carbocycles. The number of aliphatic imine (C=N–C) groups is 1. The highest BCUT2D eigenvalue weighted by Crippen LogP contribution is 2.28. The number of halogens is 1. The highest BCUT2D eigenvalue weighted by atomic mass is 19.1. The van der Waals surface area contributed by atoms with Gasteiger partial charge in [-0.15, -0.1) is 0 Å². The summed E-state index contributed by atoms with van der Waals surface area (Å²) in [6.07, 6.45) is 0.663. The molecule has 1 fully saturated rings. The summed E-state index contributed by atoms with van der Waals surface area (Å²) in [7, 11) is 0. The van der Waals surface area contributed by atoms with Crippen molar-refractivity contribution in [3.05, 3.63) is 70.8 Å². The van der Waals surface area contributed by atoms with Gasteiger partial charge in [0, 0.05) is 31.7 Å². The van der Waals surface area contributed by atoms with Gasteiger partial charge in [-0.25, -0.2) is 14.2 Å². The minimum Gasteiger partial charge on any atom is -0.444 e. The molecule has 1 unspecified atom stereocenters. The van der Waals surface area contributed by atoms with E-state index in [9.17, 15) is 14.4 Å². The molecule has 1 amide bonds. The van der Waals surface area contributed by atoms with Gasteiger partial charge < -0.3 is 19.4 Å². The van der Waals surface area contributed by atoms with E-state index in [2.05, 4.69) is 17.6 Å². The van der Waals surface area contributed by atoms with E-state index < -0.39 is 11.8 Å². The number of ether oxygens (including phenoxy) is 1. The zero-order chi connectivity index (χ0) is 27.4. The molecule has 0 aromatic heterocycles. The van der Waals surface area contributed by atoms with E-state index in [0.717, 1.165) is 17.5 Å². The van der Waals surface area contributed by atoms with Crippen molar-refractivity contribution in [3.8, 4) is 6.07 Å². The van der Waals surface area contributed by atoms with E-state index in [0.29, 0.717) is 55.0 Å². The van der Waals surface area contributed by atoms with Crippen molar-refractivity contribution in [2.45, 2.75) is 51.8 Å². The monoisotopic (exact) mass is 519 g/mol. The molecule has 2 heterocycles. The van der Waals surface area contributed by atoms with Crippen LogP contribution in [0.5, 0.6) is 0 Å². The number of nitriles is 1. The third-order valence-corrected chi connectivity index (χ3v) is 6.68. The zero-order valence-corrected chi connectivity index (χ0v) is 22.2. The summed E-state index contributed by atoms with van der Waals surface area (Å²) < 4.78 is 19.2. The first-order valence-corrected chi connectivity index (χ1v) is 12.8. The Bertz CT molecular complexity index is 1290. The highest BCUT2D eigenvalue weighted by molar-refractivity contribution is 5.98. The predicted octanol–water partition coefficient (Wildman–Crippen LogP) is 4.75. The van der Waals surface area contributed by atoms with E-state index >= 15 is 0 Å². The maximum absolute atomic E-state index is 13.7. The van der Waals surface area contributed by atoms with Crippen LogP contribution in [0.3, 0.4) is 0 Å². The number of benzene rings is 2. The molecule has 0 spiro atoms. The number of carbonyl (C=O) groups is 1. The Kier molecular flexibility index (Phi) is 8.02. The topological polar surface area (TPSA) is 104 Å². The number of fused-ring (bicyclic) bond motifs is 1. The van der Waals surface area contributed by atoms with Crippen LogP contribution in [0.1, 0.15) is 55.0 Å². The van der Waals surface area contributed by atoms with Crippen molar-refractivity contribution < 1.29 is 18.8 Å². The van der Waals surface area contributed by atoms with Crippen LogP contribution in [-0.2, 0) is 22.4 Å². The van der Waals surface area contributed by atoms with Crippen molar-refractivity contribution in [1.29, 1.82) is 5.26 Å². The van der Waals surface area contributed by atoms with Crippen LogP contribution < -0.4 is 10.8 Å². The maximum Gasteiger partial charge on any atom is 0.410 e. The number of carbonyl (C=O) groups excluding carboxylic acids is 1. The van der Waals surface area contributed by atoms with Crippen LogP contribution in [0, 0.1) is 11.3 Å². The molecule has 9 heteroatoms. The first-order valence-electron chi connectivity index (χ1n) is 12.8. The van der Waals surface area contributed by atoms with Gasteiger partial charge in [0.1, 0.15) is 17.8 Å². The summed E-state index contributed by atoms with van der Waals surface area (Å²) in [5, 5.41) is 9.70. The fourth-order valence-electron chi connectivity index (χ4n) is 4.73. The van der Waals surface area contributed by atoms with Crippen molar-refractivity contribution in [1.82, 2.24) is 4.90 Å². The van der Waals surface area contributed by atoms with Crippen LogP contribution in [0.2, 0.25) is 0 Å². The molecule has 2 aliphatic rings. The summed E-state index contributed by atoms with van der Waals surface area (Å²) in [5.41, 5.74) is 4.58. The number of rotatable bonds is 4. The van der Waals surface area contributed by atoms with Gasteiger partial charge in [-0.2, -0.15) is 11.2 Å². The molecule has 2 aromatic rings. The van der Waals surface area contributed by atoms with Crippen LogP contribution >= 0.6 is 0 Å². The fraction of sp³-hybridized carbons (Fsp3) is 0.414. The Hall–Kier alpha value is -3.90. The summed E-state index contributed by atoms with van der Waals surface area (Å²) >= 11 is 0. The smallest absolute Gasteiger partial charge is 0.410 e. The average molecular weight is 520 g/mol. The van der Waals surface area contributed by atoms with E-state index in [1.165, 1.54) is 5.56 Å². The lowest BCUT2D eigenvalue weighted by Crippen LogP contribution is -2.38. The molecule has 1 saturated heterocycles. The molecule has 4 rings (SSSR count). The summed E-state index contributed by atoms with van der Waals surface area (Å²) in [5.74, 6) is 5.68. The van der Waals surface area contributed by atoms with Crippen LogP contribution in [0.4, 0.5) is 14.9 Å². The van der Waals surface area contributed by atoms with Gasteiger partial charge in [0.2, 0.25) is 5.90 Å². The quantitative estimate of drug-likeness (QED) is 0.355. The molecule has 2 N–H and O–H groups in total. The van der Waals surface area contributed by atoms with E-state index in [1.54, 1.807) is 23.1 Å². The molecular formula is C29H34FN5O3. The lowest BCUT2D eigenvalue weighted by atomic mass is 9.99.